The van der Waals surface area contributed by atoms with Crippen molar-refractivity contribution in [1.82, 2.24) is 5.32 Å². The third-order valence-corrected chi connectivity index (χ3v) is 4.22. The number of ether oxygens (including phenoxy) is 1. The molecule has 1 unspecified atom stereocenters. The summed E-state index contributed by atoms with van der Waals surface area (Å²) in [5.74, 6) is -0.202. The second-order valence-electron chi connectivity index (χ2n) is 5.69. The Morgan fingerprint density at radius 2 is 1.96 bits per heavy atom. The Morgan fingerprint density at radius 1 is 1.21 bits per heavy atom. The summed E-state index contributed by atoms with van der Waals surface area (Å²) in [4.78, 5) is 23.1. The summed E-state index contributed by atoms with van der Waals surface area (Å²) in [6.07, 6.45) is 1.77. The zero-order valence-electron chi connectivity index (χ0n) is 12.9. The zero-order valence-corrected chi connectivity index (χ0v) is 13.7. The van der Waals surface area contributed by atoms with Crippen molar-refractivity contribution in [3.05, 3.63) is 64.2 Å². The van der Waals surface area contributed by atoms with Gasteiger partial charge < -0.3 is 15.8 Å². The minimum atomic E-state index is -0.545. The largest absolute Gasteiger partial charge is 0.484 e. The number of fused-ring (bicyclic) bond motifs is 1. The molecular formula is C18H17ClN2O3. The van der Waals surface area contributed by atoms with Crippen LogP contribution in [-0.4, -0.2) is 18.4 Å². The van der Waals surface area contributed by atoms with Crippen molar-refractivity contribution in [3.8, 4) is 5.75 Å². The topological polar surface area (TPSA) is 81.4 Å². The van der Waals surface area contributed by atoms with Crippen LogP contribution in [0.3, 0.4) is 0 Å². The second-order valence-corrected chi connectivity index (χ2v) is 6.12. The van der Waals surface area contributed by atoms with Crippen LogP contribution in [0.4, 0.5) is 0 Å². The predicted molar refractivity (Wildman–Crippen MR) is 91.1 cm³/mol. The van der Waals surface area contributed by atoms with E-state index in [1.165, 1.54) is 5.56 Å². The molecule has 2 amide bonds. The summed E-state index contributed by atoms with van der Waals surface area (Å²) in [5, 5.41) is 3.76. The molecule has 0 saturated carbocycles. The van der Waals surface area contributed by atoms with E-state index in [0.717, 1.165) is 18.4 Å². The average Bonchev–Trinajstić information content (AvgIpc) is 2.95. The monoisotopic (exact) mass is 344 g/mol. The average molecular weight is 345 g/mol. The van der Waals surface area contributed by atoms with Gasteiger partial charge in [-0.2, -0.15) is 0 Å². The standard InChI is InChI=1S/C18H17ClN2O3/c19-13-4-7-15-12(9-13)3-8-16(15)21-18(23)11-1-5-14(6-2-11)24-10-17(20)22/h1-2,4-7,9,16H,3,8,10H2,(H2,20,22)(H,21,23). The number of halogens is 1. The van der Waals surface area contributed by atoms with E-state index in [9.17, 15) is 9.59 Å². The highest BCUT2D eigenvalue weighted by atomic mass is 35.5. The maximum atomic E-state index is 12.4. The Hall–Kier alpha value is -2.53. The fourth-order valence-electron chi connectivity index (χ4n) is 2.83. The van der Waals surface area contributed by atoms with Crippen LogP contribution < -0.4 is 15.8 Å². The normalized spacial score (nSPS) is 15.6. The van der Waals surface area contributed by atoms with E-state index < -0.39 is 5.91 Å². The molecular weight excluding hydrogens is 328 g/mol. The Kier molecular flexibility index (Phi) is 4.71. The van der Waals surface area contributed by atoms with Gasteiger partial charge in [-0.1, -0.05) is 17.7 Å². The third kappa shape index (κ3) is 3.68. The molecule has 2 aromatic rings. The SMILES string of the molecule is NC(=O)COc1ccc(C(=O)NC2CCc3cc(Cl)ccc32)cc1. The van der Waals surface area contributed by atoms with E-state index in [1.54, 1.807) is 24.3 Å². The molecule has 1 aliphatic rings. The lowest BCUT2D eigenvalue weighted by atomic mass is 10.1. The fraction of sp³-hybridized carbons (Fsp3) is 0.222. The van der Waals surface area contributed by atoms with Crippen LogP contribution in [-0.2, 0) is 11.2 Å². The number of nitrogens with one attached hydrogen (secondary N) is 1. The first-order valence-electron chi connectivity index (χ1n) is 7.63. The molecule has 0 radical (unpaired) electrons. The lowest BCUT2D eigenvalue weighted by Crippen LogP contribution is -2.27. The van der Waals surface area contributed by atoms with E-state index in [4.69, 9.17) is 22.1 Å². The summed E-state index contributed by atoms with van der Waals surface area (Å²) >= 11 is 6.00. The van der Waals surface area contributed by atoms with E-state index in [-0.39, 0.29) is 18.6 Å². The molecule has 3 N–H and O–H groups in total. The molecule has 0 saturated heterocycles. The first-order chi connectivity index (χ1) is 11.5. The van der Waals surface area contributed by atoms with Gasteiger partial charge in [-0.3, -0.25) is 9.59 Å². The van der Waals surface area contributed by atoms with Gasteiger partial charge in [-0.05, 0) is 60.4 Å². The Morgan fingerprint density at radius 3 is 2.67 bits per heavy atom. The molecule has 2 aromatic carbocycles. The van der Waals surface area contributed by atoms with Crippen LogP contribution in [0, 0.1) is 0 Å². The Labute approximate surface area is 144 Å². The first-order valence-corrected chi connectivity index (χ1v) is 8.01. The van der Waals surface area contributed by atoms with Crippen LogP contribution in [0.2, 0.25) is 5.02 Å². The highest BCUT2D eigenvalue weighted by Gasteiger charge is 2.24. The molecule has 0 spiro atoms. The van der Waals surface area contributed by atoms with Crippen LogP contribution in [0.1, 0.15) is 33.9 Å². The molecule has 6 heteroatoms. The van der Waals surface area contributed by atoms with E-state index >= 15 is 0 Å². The number of hydrogen-bond acceptors (Lipinski definition) is 3. The number of rotatable bonds is 5. The number of hydrogen-bond donors (Lipinski definition) is 2. The summed E-state index contributed by atoms with van der Waals surface area (Å²) in [6.45, 7) is -0.188. The van der Waals surface area contributed by atoms with Crippen molar-refractivity contribution in [2.24, 2.45) is 5.73 Å². The molecule has 124 valence electrons. The lowest BCUT2D eigenvalue weighted by Gasteiger charge is -2.14. The first kappa shape index (κ1) is 16.3. The molecule has 0 aliphatic heterocycles. The van der Waals surface area contributed by atoms with Crippen molar-refractivity contribution in [1.29, 1.82) is 0 Å². The highest BCUT2D eigenvalue weighted by Crippen LogP contribution is 2.33. The van der Waals surface area contributed by atoms with Crippen molar-refractivity contribution < 1.29 is 14.3 Å². The lowest BCUT2D eigenvalue weighted by molar-refractivity contribution is -0.119. The van der Waals surface area contributed by atoms with Gasteiger partial charge in [0.15, 0.2) is 6.61 Å². The summed E-state index contributed by atoms with van der Waals surface area (Å²) < 4.78 is 5.17. The van der Waals surface area contributed by atoms with Gasteiger partial charge in [-0.15, -0.1) is 0 Å². The minimum Gasteiger partial charge on any atom is -0.484 e. The Balaban J connectivity index is 1.65. The molecule has 0 bridgehead atoms. The fourth-order valence-corrected chi connectivity index (χ4v) is 3.03. The van der Waals surface area contributed by atoms with Crippen LogP contribution in [0.15, 0.2) is 42.5 Å². The van der Waals surface area contributed by atoms with Gasteiger partial charge in [-0.25, -0.2) is 0 Å². The van der Waals surface area contributed by atoms with Gasteiger partial charge >= 0.3 is 0 Å². The van der Waals surface area contributed by atoms with Gasteiger partial charge in [0.2, 0.25) is 0 Å². The summed E-state index contributed by atoms with van der Waals surface area (Å²) in [7, 11) is 0. The minimum absolute atomic E-state index is 0.00412. The smallest absolute Gasteiger partial charge is 0.255 e. The molecule has 3 rings (SSSR count). The van der Waals surface area contributed by atoms with Gasteiger partial charge in [0.1, 0.15) is 5.75 Å². The number of primary amides is 1. The second kappa shape index (κ2) is 6.93. The molecule has 1 aliphatic carbocycles. The van der Waals surface area contributed by atoms with Gasteiger partial charge in [0.25, 0.3) is 11.8 Å². The summed E-state index contributed by atoms with van der Waals surface area (Å²) in [6, 6.07) is 12.4. The van der Waals surface area contributed by atoms with E-state index in [0.29, 0.717) is 16.3 Å². The number of nitrogens with two attached hydrogens (primary N) is 1. The number of carbonyl (C=O) groups is 2. The van der Waals surface area contributed by atoms with Crippen molar-refractivity contribution in [2.75, 3.05) is 6.61 Å². The number of amides is 2. The molecule has 1 atom stereocenters. The van der Waals surface area contributed by atoms with E-state index in [1.807, 2.05) is 18.2 Å². The van der Waals surface area contributed by atoms with Crippen molar-refractivity contribution >= 4 is 23.4 Å². The number of benzene rings is 2. The van der Waals surface area contributed by atoms with Crippen molar-refractivity contribution in [2.45, 2.75) is 18.9 Å². The third-order valence-electron chi connectivity index (χ3n) is 3.99. The summed E-state index contributed by atoms with van der Waals surface area (Å²) in [5.41, 5.74) is 7.86. The number of carbonyl (C=O) groups excluding carboxylic acids is 2. The quantitative estimate of drug-likeness (QED) is 0.874. The van der Waals surface area contributed by atoms with Crippen LogP contribution in [0.25, 0.3) is 0 Å². The van der Waals surface area contributed by atoms with Crippen molar-refractivity contribution in [3.63, 3.8) is 0 Å². The van der Waals surface area contributed by atoms with Crippen LogP contribution >= 0.6 is 11.6 Å². The van der Waals surface area contributed by atoms with Gasteiger partial charge in [0, 0.05) is 10.6 Å². The maximum Gasteiger partial charge on any atom is 0.255 e. The zero-order chi connectivity index (χ0) is 17.1. The molecule has 0 heterocycles. The number of aryl methyl sites for hydroxylation is 1. The maximum absolute atomic E-state index is 12.4. The predicted octanol–water partition coefficient (Wildman–Crippen LogP) is 2.62. The molecule has 5 nitrogen and oxygen atoms in total. The Bertz CT molecular complexity index is 774. The molecule has 24 heavy (non-hydrogen) atoms. The van der Waals surface area contributed by atoms with E-state index in [2.05, 4.69) is 5.32 Å². The molecule has 0 fully saturated rings. The van der Waals surface area contributed by atoms with Gasteiger partial charge in [0.05, 0.1) is 6.04 Å². The van der Waals surface area contributed by atoms with Crippen LogP contribution in [0.5, 0.6) is 5.75 Å². The highest BCUT2D eigenvalue weighted by molar-refractivity contribution is 6.30. The molecule has 0 aromatic heterocycles.